The maximum absolute atomic E-state index is 12.5. The Morgan fingerprint density at radius 2 is 1.50 bits per heavy atom. The maximum Gasteiger partial charge on any atom is 0.218 e. The molecule has 0 aliphatic carbocycles. The number of halogens is 3. The number of hydrogen-bond acceptors (Lipinski definition) is 2. The van der Waals surface area contributed by atoms with Gasteiger partial charge in [0.05, 0.1) is 5.75 Å². The number of rotatable bonds is 5. The van der Waals surface area contributed by atoms with Crippen molar-refractivity contribution in [3.63, 3.8) is 0 Å². The molecule has 0 radical (unpaired) electrons. The van der Waals surface area contributed by atoms with Crippen LogP contribution in [0.1, 0.15) is 11.1 Å². The van der Waals surface area contributed by atoms with Gasteiger partial charge in [-0.15, -0.1) is 0 Å². The van der Waals surface area contributed by atoms with Crippen LogP contribution < -0.4 is 0 Å². The Balaban J connectivity index is 2.17. The van der Waals surface area contributed by atoms with E-state index in [-0.39, 0.29) is 12.3 Å². The van der Waals surface area contributed by atoms with E-state index in [9.17, 15) is 8.42 Å². The predicted molar refractivity (Wildman–Crippen MR) is 92.0 cm³/mol. The van der Waals surface area contributed by atoms with Crippen LogP contribution in [0, 0.1) is 0 Å². The van der Waals surface area contributed by atoms with Gasteiger partial charge >= 0.3 is 0 Å². The lowest BCUT2D eigenvalue weighted by molar-refractivity contribution is 0.466. The average molecular weight is 379 g/mol. The minimum atomic E-state index is -3.54. The van der Waals surface area contributed by atoms with Gasteiger partial charge in [-0.25, -0.2) is 12.7 Å². The normalized spacial score (nSPS) is 11.9. The van der Waals surface area contributed by atoms with Crippen LogP contribution in [0.3, 0.4) is 0 Å². The Morgan fingerprint density at radius 3 is 2.05 bits per heavy atom. The van der Waals surface area contributed by atoms with E-state index in [1.54, 1.807) is 42.5 Å². The summed E-state index contributed by atoms with van der Waals surface area (Å²) in [5.74, 6) is -0.240. The Labute approximate surface area is 145 Å². The number of sulfonamides is 1. The first-order chi connectivity index (χ1) is 10.3. The molecule has 118 valence electrons. The second kappa shape index (κ2) is 7.20. The fourth-order valence-electron chi connectivity index (χ4n) is 1.91. The quantitative estimate of drug-likeness (QED) is 0.762. The van der Waals surface area contributed by atoms with Crippen LogP contribution in [0.2, 0.25) is 15.1 Å². The summed E-state index contributed by atoms with van der Waals surface area (Å²) < 4.78 is 26.2. The molecule has 0 spiro atoms. The summed E-state index contributed by atoms with van der Waals surface area (Å²) in [4.78, 5) is 0. The van der Waals surface area contributed by atoms with E-state index in [2.05, 4.69) is 0 Å². The highest BCUT2D eigenvalue weighted by Gasteiger charge is 2.21. The highest BCUT2D eigenvalue weighted by molar-refractivity contribution is 7.88. The monoisotopic (exact) mass is 377 g/mol. The zero-order chi connectivity index (χ0) is 16.3. The summed E-state index contributed by atoms with van der Waals surface area (Å²) in [6, 6.07) is 11.9. The van der Waals surface area contributed by atoms with Gasteiger partial charge in [0.25, 0.3) is 0 Å². The Morgan fingerprint density at radius 1 is 0.955 bits per heavy atom. The fourth-order valence-corrected chi connectivity index (χ4v) is 3.97. The van der Waals surface area contributed by atoms with Gasteiger partial charge in [-0.1, -0.05) is 53.0 Å². The van der Waals surface area contributed by atoms with Crippen molar-refractivity contribution in [2.24, 2.45) is 0 Å². The largest absolute Gasteiger partial charge is 0.218 e. The molecular weight excluding hydrogens is 365 g/mol. The molecule has 0 aromatic heterocycles. The van der Waals surface area contributed by atoms with E-state index in [0.29, 0.717) is 20.6 Å². The molecule has 3 nitrogen and oxygen atoms in total. The summed E-state index contributed by atoms with van der Waals surface area (Å²) in [5, 5.41) is 1.30. The lowest BCUT2D eigenvalue weighted by Crippen LogP contribution is -2.28. The highest BCUT2D eigenvalue weighted by Crippen LogP contribution is 2.27. The fraction of sp³-hybridized carbons (Fsp3) is 0.200. The van der Waals surface area contributed by atoms with Crippen molar-refractivity contribution in [2.75, 3.05) is 7.05 Å². The zero-order valence-corrected chi connectivity index (χ0v) is 14.8. The second-order valence-electron chi connectivity index (χ2n) is 4.84. The third-order valence-electron chi connectivity index (χ3n) is 3.18. The van der Waals surface area contributed by atoms with Crippen LogP contribution in [0.4, 0.5) is 0 Å². The molecule has 0 unspecified atom stereocenters. The first-order valence-corrected chi connectivity index (χ1v) is 9.15. The van der Waals surface area contributed by atoms with E-state index >= 15 is 0 Å². The number of benzene rings is 2. The molecule has 0 fully saturated rings. The second-order valence-corrected chi connectivity index (χ2v) is 8.17. The highest BCUT2D eigenvalue weighted by atomic mass is 35.5. The topological polar surface area (TPSA) is 37.4 Å². The van der Waals surface area contributed by atoms with Crippen LogP contribution in [0.15, 0.2) is 42.5 Å². The summed E-state index contributed by atoms with van der Waals surface area (Å²) in [6.45, 7) is 0.252. The lowest BCUT2D eigenvalue weighted by atomic mass is 10.2. The summed E-state index contributed by atoms with van der Waals surface area (Å²) in [7, 11) is -2.01. The molecule has 0 amide bonds. The smallest absolute Gasteiger partial charge is 0.212 e. The first kappa shape index (κ1) is 17.6. The SMILES string of the molecule is CN(Cc1ccc(Cl)cc1)S(=O)(=O)Cc1c(Cl)cccc1Cl. The van der Waals surface area contributed by atoms with Crippen molar-refractivity contribution in [1.29, 1.82) is 0 Å². The molecule has 0 atom stereocenters. The standard InChI is InChI=1S/C15H14Cl3NO2S/c1-19(9-11-5-7-12(16)8-6-11)22(20,21)10-13-14(17)3-2-4-15(13)18/h2-8H,9-10H2,1H3. The molecule has 0 saturated heterocycles. The Bertz CT molecular complexity index is 741. The van der Waals surface area contributed by atoms with Crippen molar-refractivity contribution >= 4 is 44.8 Å². The van der Waals surface area contributed by atoms with Crippen LogP contribution in [-0.2, 0) is 22.3 Å². The van der Waals surface area contributed by atoms with Crippen LogP contribution in [0.25, 0.3) is 0 Å². The van der Waals surface area contributed by atoms with Crippen molar-refractivity contribution in [1.82, 2.24) is 4.31 Å². The molecule has 0 bridgehead atoms. The summed E-state index contributed by atoms with van der Waals surface area (Å²) >= 11 is 17.9. The Hall–Kier alpha value is -0.780. The zero-order valence-electron chi connectivity index (χ0n) is 11.8. The summed E-state index contributed by atoms with van der Waals surface area (Å²) in [5.41, 5.74) is 1.26. The van der Waals surface area contributed by atoms with Crippen molar-refractivity contribution in [3.8, 4) is 0 Å². The first-order valence-electron chi connectivity index (χ1n) is 6.41. The van der Waals surface area contributed by atoms with Gasteiger partial charge < -0.3 is 0 Å². The molecule has 7 heteroatoms. The molecule has 0 heterocycles. The van der Waals surface area contributed by atoms with E-state index in [4.69, 9.17) is 34.8 Å². The molecule has 0 aliphatic rings. The third kappa shape index (κ3) is 4.37. The van der Waals surface area contributed by atoms with Crippen LogP contribution in [0.5, 0.6) is 0 Å². The molecule has 2 rings (SSSR count). The average Bonchev–Trinajstić information content (AvgIpc) is 2.45. The molecule has 2 aromatic carbocycles. The predicted octanol–water partition coefficient (Wildman–Crippen LogP) is 4.61. The van der Waals surface area contributed by atoms with E-state index in [1.165, 1.54) is 11.4 Å². The van der Waals surface area contributed by atoms with Gasteiger partial charge in [-0.3, -0.25) is 0 Å². The maximum atomic E-state index is 12.5. The van der Waals surface area contributed by atoms with Crippen molar-refractivity contribution in [3.05, 3.63) is 68.7 Å². The van der Waals surface area contributed by atoms with Crippen LogP contribution in [-0.4, -0.2) is 19.8 Å². The van der Waals surface area contributed by atoms with Crippen molar-refractivity contribution < 1.29 is 8.42 Å². The van der Waals surface area contributed by atoms with Gasteiger partial charge in [0.1, 0.15) is 0 Å². The molecule has 0 N–H and O–H groups in total. The molecule has 22 heavy (non-hydrogen) atoms. The van der Waals surface area contributed by atoms with E-state index in [0.717, 1.165) is 5.56 Å². The lowest BCUT2D eigenvalue weighted by Gasteiger charge is -2.18. The van der Waals surface area contributed by atoms with E-state index < -0.39 is 10.0 Å². The molecular formula is C15H14Cl3NO2S. The van der Waals surface area contributed by atoms with Crippen LogP contribution >= 0.6 is 34.8 Å². The van der Waals surface area contributed by atoms with Gasteiger partial charge in [-0.05, 0) is 29.8 Å². The van der Waals surface area contributed by atoms with Crippen molar-refractivity contribution in [2.45, 2.75) is 12.3 Å². The Kier molecular flexibility index (Phi) is 5.75. The minimum Gasteiger partial charge on any atom is -0.212 e. The molecule has 0 saturated carbocycles. The van der Waals surface area contributed by atoms with E-state index in [1.807, 2.05) is 0 Å². The van der Waals surface area contributed by atoms with Gasteiger partial charge in [0.15, 0.2) is 0 Å². The van der Waals surface area contributed by atoms with Gasteiger partial charge in [0, 0.05) is 34.2 Å². The van der Waals surface area contributed by atoms with Gasteiger partial charge in [0.2, 0.25) is 10.0 Å². The molecule has 0 aliphatic heterocycles. The minimum absolute atomic E-state index is 0.240. The number of hydrogen-bond donors (Lipinski definition) is 0. The third-order valence-corrected chi connectivity index (χ3v) is 5.87. The number of nitrogens with zero attached hydrogens (tertiary/aromatic N) is 1. The summed E-state index contributed by atoms with van der Waals surface area (Å²) in [6.07, 6.45) is 0. The molecule has 2 aromatic rings. The van der Waals surface area contributed by atoms with Gasteiger partial charge in [-0.2, -0.15) is 0 Å².